The lowest BCUT2D eigenvalue weighted by Gasteiger charge is -2.29. The molecule has 1 heterocycles. The number of halogens is 1. The molecular weight excluding hydrogens is 264 g/mol. The Balaban J connectivity index is 1.77. The van der Waals surface area contributed by atoms with Crippen LogP contribution in [0.25, 0.3) is 0 Å². The van der Waals surface area contributed by atoms with Gasteiger partial charge in [0.1, 0.15) is 0 Å². The van der Waals surface area contributed by atoms with Crippen molar-refractivity contribution in [2.45, 2.75) is 45.3 Å². The maximum atomic E-state index is 5.97. The quantitative estimate of drug-likeness (QED) is 0.824. The van der Waals surface area contributed by atoms with Gasteiger partial charge in [-0.2, -0.15) is 0 Å². The third-order valence-corrected chi connectivity index (χ3v) is 5.07. The molecule has 1 aliphatic rings. The Kier molecular flexibility index (Phi) is 5.07. The van der Waals surface area contributed by atoms with Gasteiger partial charge in [-0.15, -0.1) is 11.3 Å². The van der Waals surface area contributed by atoms with Crippen LogP contribution in [-0.4, -0.2) is 30.6 Å². The van der Waals surface area contributed by atoms with Crippen molar-refractivity contribution >= 4 is 22.9 Å². The molecule has 102 valence electrons. The lowest BCUT2D eigenvalue weighted by atomic mass is 10.0. The molecule has 2 atom stereocenters. The zero-order chi connectivity index (χ0) is 13.1. The second kappa shape index (κ2) is 6.38. The van der Waals surface area contributed by atoms with Gasteiger partial charge in [0.05, 0.1) is 4.34 Å². The van der Waals surface area contributed by atoms with Gasteiger partial charge in [0, 0.05) is 23.5 Å². The van der Waals surface area contributed by atoms with Gasteiger partial charge in [0.2, 0.25) is 0 Å². The molecule has 1 N–H and O–H groups in total. The first kappa shape index (κ1) is 14.3. The molecule has 18 heavy (non-hydrogen) atoms. The summed E-state index contributed by atoms with van der Waals surface area (Å²) in [7, 11) is 2.20. The molecule has 0 bridgehead atoms. The van der Waals surface area contributed by atoms with E-state index in [1.807, 2.05) is 6.07 Å². The van der Waals surface area contributed by atoms with Crippen LogP contribution in [0.3, 0.4) is 0 Å². The van der Waals surface area contributed by atoms with E-state index < -0.39 is 0 Å². The van der Waals surface area contributed by atoms with Crippen molar-refractivity contribution in [3.63, 3.8) is 0 Å². The Morgan fingerprint density at radius 2 is 2.17 bits per heavy atom. The monoisotopic (exact) mass is 286 g/mol. The summed E-state index contributed by atoms with van der Waals surface area (Å²) in [4.78, 5) is 3.76. The molecule has 0 aliphatic heterocycles. The van der Waals surface area contributed by atoms with Gasteiger partial charge >= 0.3 is 0 Å². The van der Waals surface area contributed by atoms with Crippen molar-refractivity contribution in [1.82, 2.24) is 10.2 Å². The summed E-state index contributed by atoms with van der Waals surface area (Å²) in [6.07, 6.45) is 2.73. The van der Waals surface area contributed by atoms with Crippen LogP contribution in [0.1, 0.15) is 31.6 Å². The van der Waals surface area contributed by atoms with Crippen molar-refractivity contribution in [1.29, 1.82) is 0 Å². The second-order valence-corrected chi connectivity index (χ2v) is 7.32. The lowest BCUT2D eigenvalue weighted by Crippen LogP contribution is -2.38. The third-order valence-electron chi connectivity index (χ3n) is 3.86. The topological polar surface area (TPSA) is 15.3 Å². The first-order valence-electron chi connectivity index (χ1n) is 6.74. The molecule has 0 amide bonds. The van der Waals surface area contributed by atoms with Gasteiger partial charge in [0.25, 0.3) is 0 Å². The summed E-state index contributed by atoms with van der Waals surface area (Å²) in [5.41, 5.74) is 0. The molecule has 2 rings (SSSR count). The van der Waals surface area contributed by atoms with E-state index in [-0.39, 0.29) is 0 Å². The van der Waals surface area contributed by atoms with Crippen LogP contribution in [-0.2, 0) is 6.54 Å². The SMILES string of the molecule is CC(CNC1CC1)C(C)N(C)Cc1ccc(Cl)s1. The Morgan fingerprint density at radius 1 is 1.44 bits per heavy atom. The van der Waals surface area contributed by atoms with E-state index >= 15 is 0 Å². The van der Waals surface area contributed by atoms with Gasteiger partial charge in [-0.1, -0.05) is 18.5 Å². The van der Waals surface area contributed by atoms with E-state index in [2.05, 4.69) is 37.2 Å². The fraction of sp³-hybridized carbons (Fsp3) is 0.714. The van der Waals surface area contributed by atoms with Crippen LogP contribution < -0.4 is 5.32 Å². The highest BCUT2D eigenvalue weighted by Gasteiger charge is 2.23. The van der Waals surface area contributed by atoms with Crippen LogP contribution in [0.4, 0.5) is 0 Å². The highest BCUT2D eigenvalue weighted by atomic mass is 35.5. The highest BCUT2D eigenvalue weighted by Crippen LogP contribution is 2.24. The summed E-state index contributed by atoms with van der Waals surface area (Å²) >= 11 is 7.65. The third kappa shape index (κ3) is 4.23. The number of nitrogens with one attached hydrogen (secondary N) is 1. The van der Waals surface area contributed by atoms with Crippen LogP contribution in [0, 0.1) is 5.92 Å². The van der Waals surface area contributed by atoms with Crippen LogP contribution >= 0.6 is 22.9 Å². The molecule has 0 saturated heterocycles. The maximum Gasteiger partial charge on any atom is 0.0931 e. The predicted octanol–water partition coefficient (Wildman–Crippen LogP) is 3.61. The van der Waals surface area contributed by atoms with Crippen LogP contribution in [0.5, 0.6) is 0 Å². The minimum atomic E-state index is 0.581. The van der Waals surface area contributed by atoms with Gasteiger partial charge in [-0.25, -0.2) is 0 Å². The number of thiophene rings is 1. The minimum Gasteiger partial charge on any atom is -0.314 e. The van der Waals surface area contributed by atoms with Crippen molar-refractivity contribution in [3.05, 3.63) is 21.3 Å². The van der Waals surface area contributed by atoms with Gasteiger partial charge in [-0.05, 0) is 51.4 Å². The number of hydrogen-bond acceptors (Lipinski definition) is 3. The van der Waals surface area contributed by atoms with Gasteiger partial charge in [0.15, 0.2) is 0 Å². The molecule has 1 fully saturated rings. The minimum absolute atomic E-state index is 0.581. The largest absolute Gasteiger partial charge is 0.314 e. The summed E-state index contributed by atoms with van der Waals surface area (Å²) < 4.78 is 0.884. The number of nitrogens with zero attached hydrogens (tertiary/aromatic N) is 1. The van der Waals surface area contributed by atoms with Gasteiger partial charge in [-0.3, -0.25) is 4.90 Å². The summed E-state index contributed by atoms with van der Waals surface area (Å²) in [6, 6.07) is 5.50. The molecule has 4 heteroatoms. The van der Waals surface area contributed by atoms with Gasteiger partial charge < -0.3 is 5.32 Å². The molecule has 1 aromatic rings. The standard InChI is InChI=1S/C14H23ClN2S/c1-10(8-16-12-4-5-12)11(2)17(3)9-13-6-7-14(15)18-13/h6-7,10-12,16H,4-5,8-9H2,1-3H3. The number of hydrogen-bond donors (Lipinski definition) is 1. The molecule has 0 spiro atoms. The predicted molar refractivity (Wildman–Crippen MR) is 80.4 cm³/mol. The van der Waals surface area contributed by atoms with Crippen molar-refractivity contribution < 1.29 is 0 Å². The lowest BCUT2D eigenvalue weighted by molar-refractivity contribution is 0.190. The molecule has 0 aromatic carbocycles. The van der Waals surface area contributed by atoms with Crippen LogP contribution in [0.2, 0.25) is 4.34 Å². The summed E-state index contributed by atoms with van der Waals surface area (Å²) in [6.45, 7) is 6.76. The Morgan fingerprint density at radius 3 is 2.72 bits per heavy atom. The van der Waals surface area contributed by atoms with Crippen molar-refractivity contribution in [2.75, 3.05) is 13.6 Å². The van der Waals surface area contributed by atoms with E-state index in [4.69, 9.17) is 11.6 Å². The molecule has 1 saturated carbocycles. The van der Waals surface area contributed by atoms with E-state index in [0.29, 0.717) is 12.0 Å². The fourth-order valence-electron chi connectivity index (χ4n) is 2.07. The molecular formula is C14H23ClN2S. The van der Waals surface area contributed by atoms with Crippen molar-refractivity contribution in [2.24, 2.45) is 5.92 Å². The van der Waals surface area contributed by atoms with Crippen LogP contribution in [0.15, 0.2) is 12.1 Å². The Bertz CT molecular complexity index is 376. The normalized spacial score (nSPS) is 19.2. The fourth-order valence-corrected chi connectivity index (χ4v) is 3.22. The molecule has 2 nitrogen and oxygen atoms in total. The molecule has 1 aliphatic carbocycles. The first-order valence-corrected chi connectivity index (χ1v) is 7.93. The molecule has 1 aromatic heterocycles. The number of rotatable bonds is 7. The average molecular weight is 287 g/mol. The maximum absolute atomic E-state index is 5.97. The Labute approximate surface area is 119 Å². The van der Waals surface area contributed by atoms with E-state index in [0.717, 1.165) is 23.5 Å². The smallest absolute Gasteiger partial charge is 0.0931 e. The summed E-state index contributed by atoms with van der Waals surface area (Å²) in [5.74, 6) is 0.672. The van der Waals surface area contributed by atoms with E-state index in [9.17, 15) is 0 Å². The summed E-state index contributed by atoms with van der Waals surface area (Å²) in [5, 5.41) is 3.61. The zero-order valence-corrected chi connectivity index (χ0v) is 13.0. The molecule has 0 radical (unpaired) electrons. The van der Waals surface area contributed by atoms with Crippen molar-refractivity contribution in [3.8, 4) is 0 Å². The zero-order valence-electron chi connectivity index (χ0n) is 11.4. The highest BCUT2D eigenvalue weighted by molar-refractivity contribution is 7.16. The van der Waals surface area contributed by atoms with E-state index in [1.165, 1.54) is 17.7 Å². The Hall–Kier alpha value is -0.0900. The van der Waals surface area contributed by atoms with E-state index in [1.54, 1.807) is 11.3 Å². The molecule has 2 unspecified atom stereocenters. The second-order valence-electron chi connectivity index (χ2n) is 5.52. The average Bonchev–Trinajstić information content (AvgIpc) is 3.08. The first-order chi connectivity index (χ1) is 8.56.